The number of piperidine rings is 2. The van der Waals surface area contributed by atoms with Gasteiger partial charge in [-0.15, -0.1) is 11.3 Å². The number of fused-ring (bicyclic) bond motifs is 1. The summed E-state index contributed by atoms with van der Waals surface area (Å²) in [6.45, 7) is 3.67. The molecule has 12 heteroatoms. The van der Waals surface area contributed by atoms with Crippen molar-refractivity contribution in [2.24, 2.45) is 13.0 Å². The molecule has 1 aromatic carbocycles. The van der Waals surface area contributed by atoms with Crippen LogP contribution in [0.15, 0.2) is 57.5 Å². The number of thiophene rings is 1. The van der Waals surface area contributed by atoms with E-state index in [9.17, 15) is 19.5 Å². The number of benzene rings is 1. The van der Waals surface area contributed by atoms with Crippen LogP contribution >= 0.6 is 38.9 Å². The summed E-state index contributed by atoms with van der Waals surface area (Å²) in [4.78, 5) is 49.1. The Kier molecular flexibility index (Phi) is 8.27. The highest BCUT2D eigenvalue weighted by Gasteiger charge is 2.42. The second-order valence-corrected chi connectivity index (χ2v) is 14.4. The van der Waals surface area contributed by atoms with Crippen molar-refractivity contribution in [1.29, 1.82) is 0 Å². The summed E-state index contributed by atoms with van der Waals surface area (Å²) in [6.07, 6.45) is 4.53. The highest BCUT2D eigenvalue weighted by atomic mass is 79.9. The van der Waals surface area contributed by atoms with Gasteiger partial charge in [0.25, 0.3) is 11.5 Å². The molecule has 0 spiro atoms. The Hall–Kier alpha value is -2.99. The maximum Gasteiger partial charge on any atom is 0.265 e. The molecule has 2 fully saturated rings. The molecule has 2 atom stereocenters. The van der Waals surface area contributed by atoms with E-state index in [1.807, 2.05) is 54.1 Å². The number of rotatable bonds is 5. The fourth-order valence-electron chi connectivity index (χ4n) is 6.36. The van der Waals surface area contributed by atoms with Gasteiger partial charge >= 0.3 is 0 Å². The first kappa shape index (κ1) is 30.1. The maximum absolute atomic E-state index is 14.0. The SMILES string of the molecule is Cc1c(Br)sc(C(=O)N2CC[C@@H](C(=O)N3CCC(O)(Cn4cnc5c(ccn5C)c4=O)CC3)[C@H](c3ccccc3)C2)c1Cl. The van der Waals surface area contributed by atoms with E-state index >= 15 is 0 Å². The van der Waals surface area contributed by atoms with Crippen molar-refractivity contribution in [2.45, 2.75) is 44.2 Å². The molecule has 2 amide bonds. The lowest BCUT2D eigenvalue weighted by atomic mass is 9.79. The van der Waals surface area contributed by atoms with Crippen LogP contribution in [0.25, 0.3) is 11.0 Å². The molecule has 2 aliphatic heterocycles. The van der Waals surface area contributed by atoms with Gasteiger partial charge in [0.1, 0.15) is 16.9 Å². The highest BCUT2D eigenvalue weighted by Crippen LogP contribution is 2.40. The summed E-state index contributed by atoms with van der Waals surface area (Å²) in [7, 11) is 1.84. The van der Waals surface area contributed by atoms with Crippen molar-refractivity contribution in [3.8, 4) is 0 Å². The molecule has 6 rings (SSSR count). The van der Waals surface area contributed by atoms with Gasteiger partial charge in [-0.05, 0) is 59.3 Å². The Morgan fingerprint density at radius 1 is 1.14 bits per heavy atom. The third kappa shape index (κ3) is 5.68. The number of carbonyl (C=O) groups excluding carboxylic acids is 2. The van der Waals surface area contributed by atoms with Crippen LogP contribution < -0.4 is 5.56 Å². The minimum Gasteiger partial charge on any atom is -0.388 e. The van der Waals surface area contributed by atoms with Crippen LogP contribution in [0.3, 0.4) is 0 Å². The van der Waals surface area contributed by atoms with Crippen LogP contribution in [0.4, 0.5) is 0 Å². The smallest absolute Gasteiger partial charge is 0.265 e. The number of hydrogen-bond donors (Lipinski definition) is 1. The van der Waals surface area contributed by atoms with Crippen molar-refractivity contribution in [3.05, 3.63) is 84.1 Å². The predicted octanol–water partition coefficient (Wildman–Crippen LogP) is 4.82. The van der Waals surface area contributed by atoms with Crippen LogP contribution in [0.1, 0.15) is 46.0 Å². The Labute approximate surface area is 266 Å². The zero-order valence-electron chi connectivity index (χ0n) is 24.0. The molecular weight excluding hydrogens is 654 g/mol. The van der Waals surface area contributed by atoms with Crippen LogP contribution in [-0.2, 0) is 18.4 Å². The van der Waals surface area contributed by atoms with E-state index in [1.165, 1.54) is 22.2 Å². The summed E-state index contributed by atoms with van der Waals surface area (Å²) in [5, 5.41) is 12.4. The van der Waals surface area contributed by atoms with E-state index < -0.39 is 5.60 Å². The average molecular weight is 687 g/mol. The number of carbonyl (C=O) groups is 2. The Balaban J connectivity index is 1.16. The van der Waals surface area contributed by atoms with Gasteiger partial charge < -0.3 is 19.5 Å². The first-order valence-electron chi connectivity index (χ1n) is 14.4. The van der Waals surface area contributed by atoms with Crippen molar-refractivity contribution in [2.75, 3.05) is 26.2 Å². The van der Waals surface area contributed by atoms with Gasteiger partial charge in [0.05, 0.1) is 26.3 Å². The van der Waals surface area contributed by atoms with Gasteiger partial charge in [-0.3, -0.25) is 19.0 Å². The summed E-state index contributed by atoms with van der Waals surface area (Å²) < 4.78 is 4.11. The summed E-state index contributed by atoms with van der Waals surface area (Å²) in [5.41, 5.74) is 1.18. The minimum absolute atomic E-state index is 0.0419. The van der Waals surface area contributed by atoms with Crippen LogP contribution in [-0.4, -0.2) is 72.6 Å². The highest BCUT2D eigenvalue weighted by molar-refractivity contribution is 9.11. The molecular formula is C31H33BrClN5O4S. The first-order chi connectivity index (χ1) is 20.6. The zero-order chi connectivity index (χ0) is 30.5. The van der Waals surface area contributed by atoms with E-state index in [-0.39, 0.29) is 35.8 Å². The van der Waals surface area contributed by atoms with Gasteiger partial charge in [-0.2, -0.15) is 0 Å². The van der Waals surface area contributed by atoms with Gasteiger partial charge in [0.15, 0.2) is 0 Å². The van der Waals surface area contributed by atoms with Crippen molar-refractivity contribution in [3.63, 3.8) is 0 Å². The third-order valence-corrected chi connectivity index (χ3v) is 11.7. The summed E-state index contributed by atoms with van der Waals surface area (Å²) in [5.74, 6) is -0.535. The van der Waals surface area contributed by atoms with E-state index in [0.29, 0.717) is 66.4 Å². The zero-order valence-corrected chi connectivity index (χ0v) is 27.2. The van der Waals surface area contributed by atoms with Gasteiger partial charge in [-0.1, -0.05) is 41.9 Å². The number of amides is 2. The molecule has 0 radical (unpaired) electrons. The van der Waals surface area contributed by atoms with Crippen LogP contribution in [0.2, 0.25) is 5.02 Å². The number of aliphatic hydroxyl groups is 1. The monoisotopic (exact) mass is 685 g/mol. The van der Waals surface area contributed by atoms with Gasteiger partial charge in [0.2, 0.25) is 5.91 Å². The second-order valence-electron chi connectivity index (χ2n) is 11.7. The molecule has 43 heavy (non-hydrogen) atoms. The number of hydrogen-bond acceptors (Lipinski definition) is 6. The first-order valence-corrected chi connectivity index (χ1v) is 16.4. The van der Waals surface area contributed by atoms with Crippen LogP contribution in [0.5, 0.6) is 0 Å². The number of nitrogens with zero attached hydrogens (tertiary/aromatic N) is 5. The topological polar surface area (TPSA) is 101 Å². The van der Waals surface area contributed by atoms with Crippen molar-refractivity contribution < 1.29 is 14.7 Å². The van der Waals surface area contributed by atoms with E-state index in [4.69, 9.17) is 11.6 Å². The Bertz CT molecular complexity index is 1740. The predicted molar refractivity (Wildman–Crippen MR) is 171 cm³/mol. The van der Waals surface area contributed by atoms with E-state index in [0.717, 1.165) is 14.9 Å². The standard InChI is InChI=1S/C31H33BrClN5O4S/c1-19-24(33)25(43-26(19)32)30(41)37-13-9-21(23(16-37)20-6-4-3-5-7-20)28(39)36-14-10-31(42,11-15-36)17-38-18-34-27-22(29(38)40)8-12-35(27)2/h3-8,12,18,21,23,42H,9-11,13-17H2,1-2H3/t21-,23+/m1/s1. The number of halogens is 2. The average Bonchev–Trinajstić information content (AvgIpc) is 3.52. The molecule has 4 aromatic rings. The molecule has 9 nitrogen and oxygen atoms in total. The molecule has 226 valence electrons. The fourth-order valence-corrected chi connectivity index (χ4v) is 8.40. The lowest BCUT2D eigenvalue weighted by Crippen LogP contribution is -2.53. The van der Waals surface area contributed by atoms with Crippen LogP contribution in [0, 0.1) is 12.8 Å². The molecule has 0 bridgehead atoms. The fraction of sp³-hybridized carbons (Fsp3) is 0.419. The minimum atomic E-state index is -1.12. The normalized spacial score (nSPS) is 20.5. The molecule has 3 aromatic heterocycles. The van der Waals surface area contributed by atoms with Gasteiger partial charge in [-0.25, -0.2) is 4.98 Å². The quantitative estimate of drug-likeness (QED) is 0.325. The number of likely N-dealkylation sites (tertiary alicyclic amines) is 2. The summed E-state index contributed by atoms with van der Waals surface area (Å²) in [6, 6.07) is 11.6. The Morgan fingerprint density at radius 3 is 2.53 bits per heavy atom. The maximum atomic E-state index is 14.0. The van der Waals surface area contributed by atoms with E-state index in [2.05, 4.69) is 20.9 Å². The number of aryl methyl sites for hydroxylation is 1. The molecule has 1 N–H and O–H groups in total. The van der Waals surface area contributed by atoms with Gasteiger partial charge in [0, 0.05) is 51.3 Å². The lowest BCUT2D eigenvalue weighted by Gasteiger charge is -2.43. The lowest BCUT2D eigenvalue weighted by molar-refractivity contribution is -0.142. The largest absolute Gasteiger partial charge is 0.388 e. The number of aromatic nitrogens is 3. The summed E-state index contributed by atoms with van der Waals surface area (Å²) >= 11 is 11.3. The second kappa shape index (κ2) is 11.8. The van der Waals surface area contributed by atoms with Crippen molar-refractivity contribution >= 4 is 61.7 Å². The molecule has 0 aliphatic carbocycles. The molecule has 2 aliphatic rings. The van der Waals surface area contributed by atoms with Crippen molar-refractivity contribution in [1.82, 2.24) is 23.9 Å². The third-order valence-electron chi connectivity index (χ3n) is 8.98. The molecule has 0 unspecified atom stereocenters. The van der Waals surface area contributed by atoms with E-state index in [1.54, 1.807) is 16.8 Å². The molecule has 5 heterocycles. The molecule has 2 saturated heterocycles. The Morgan fingerprint density at radius 2 is 1.86 bits per heavy atom. The molecule has 0 saturated carbocycles.